The summed E-state index contributed by atoms with van der Waals surface area (Å²) < 4.78 is 10.9. The van der Waals surface area contributed by atoms with Crippen molar-refractivity contribution in [2.75, 3.05) is 13.7 Å². The summed E-state index contributed by atoms with van der Waals surface area (Å²) >= 11 is 0. The molecule has 0 amide bonds. The third kappa shape index (κ3) is 6.32. The van der Waals surface area contributed by atoms with E-state index in [9.17, 15) is 14.7 Å². The maximum Gasteiger partial charge on any atom is 0.320 e. The second-order valence-corrected chi connectivity index (χ2v) is 14.3. The standard InChI is InChI=1S/C42H52N4O5/c1-10-13-21(4)16-17-51-35(47)15-14-28-24(7)31-18-29-22(5)26(11-2)33(43-29)19-30-23(6)27(12-3)34(44-30)20-32-25(8)36-40(46-32)37(39(28)45-31)38(41(36)48)42(49)50-9/h11,16,18-20,24,28,38-39,43-46,48H,2,10,12-15,17H2,1,3-9H3/b21-16-,30-19-,31-18+,34-20-/t24-,28-,38+,39?/m0/s1. The van der Waals surface area contributed by atoms with E-state index in [1.807, 2.05) is 19.1 Å². The van der Waals surface area contributed by atoms with Crippen molar-refractivity contribution in [2.24, 2.45) is 17.8 Å². The van der Waals surface area contributed by atoms with E-state index < -0.39 is 11.9 Å². The molecule has 5 N–H and O–H groups in total. The number of carbonyl (C=O) groups is 2. The Kier molecular flexibility index (Phi) is 10.1. The Morgan fingerprint density at radius 1 is 0.961 bits per heavy atom. The summed E-state index contributed by atoms with van der Waals surface area (Å²) in [4.78, 5) is 37.5. The molecule has 0 aromatic carbocycles. The van der Waals surface area contributed by atoms with Crippen LogP contribution >= 0.6 is 0 Å². The molecule has 6 rings (SSSR count). The van der Waals surface area contributed by atoms with Crippen LogP contribution in [0.25, 0.3) is 35.6 Å². The van der Waals surface area contributed by atoms with Gasteiger partial charge in [-0.15, -0.1) is 0 Å². The first-order valence-corrected chi connectivity index (χ1v) is 18.2. The van der Waals surface area contributed by atoms with Crippen LogP contribution in [-0.2, 0) is 25.5 Å². The lowest BCUT2D eigenvalue weighted by Crippen LogP contribution is -2.38. The van der Waals surface area contributed by atoms with Crippen molar-refractivity contribution >= 4 is 47.6 Å². The van der Waals surface area contributed by atoms with Crippen molar-refractivity contribution in [2.45, 2.75) is 86.6 Å². The minimum Gasteiger partial charge on any atom is -0.510 e. The maximum absolute atomic E-state index is 13.5. The molecule has 9 heteroatoms. The van der Waals surface area contributed by atoms with Gasteiger partial charge in [0.1, 0.15) is 18.3 Å². The third-order valence-electron chi connectivity index (χ3n) is 11.3. The number of carbonyl (C=O) groups excluding carboxylic acids is 2. The second kappa shape index (κ2) is 14.4. The van der Waals surface area contributed by atoms with Gasteiger partial charge >= 0.3 is 11.9 Å². The first-order valence-electron chi connectivity index (χ1n) is 18.2. The Hall–Kier alpha value is -4.92. The van der Waals surface area contributed by atoms with Crippen molar-refractivity contribution in [1.82, 2.24) is 20.3 Å². The fourth-order valence-corrected chi connectivity index (χ4v) is 8.41. The molecule has 1 fully saturated rings. The number of hydrogen-bond acceptors (Lipinski definition) is 6. The third-order valence-corrected chi connectivity index (χ3v) is 11.3. The van der Waals surface area contributed by atoms with E-state index in [2.05, 4.69) is 86.6 Å². The quantitative estimate of drug-likeness (QED) is 0.154. The lowest BCUT2D eigenvalue weighted by Gasteiger charge is -2.26. The molecule has 1 unspecified atom stereocenters. The smallest absolute Gasteiger partial charge is 0.320 e. The molecule has 0 saturated carbocycles. The predicted molar refractivity (Wildman–Crippen MR) is 203 cm³/mol. The fourth-order valence-electron chi connectivity index (χ4n) is 8.41. The Morgan fingerprint density at radius 3 is 2.37 bits per heavy atom. The fraction of sp³-hybridized carbons (Fsp3) is 0.429. The lowest BCUT2D eigenvalue weighted by atomic mass is 9.80. The van der Waals surface area contributed by atoms with Gasteiger partial charge in [0.05, 0.1) is 18.5 Å². The van der Waals surface area contributed by atoms with Gasteiger partial charge in [-0.05, 0) is 105 Å². The molecule has 3 aromatic rings. The van der Waals surface area contributed by atoms with E-state index in [0.29, 0.717) is 17.0 Å². The number of H-pyrrole nitrogens is 3. The number of esters is 2. The van der Waals surface area contributed by atoms with E-state index in [-0.39, 0.29) is 42.6 Å². The molecule has 9 nitrogen and oxygen atoms in total. The number of aliphatic hydroxyl groups excluding tert-OH is 1. The molecule has 8 bridgehead atoms. The molecular formula is C42H52N4O5. The largest absolute Gasteiger partial charge is 0.510 e. The minimum atomic E-state index is -0.987. The van der Waals surface area contributed by atoms with Crippen molar-refractivity contribution in [3.05, 3.63) is 90.1 Å². The van der Waals surface area contributed by atoms with Gasteiger partial charge in [0.15, 0.2) is 0 Å². The molecule has 3 aliphatic rings. The summed E-state index contributed by atoms with van der Waals surface area (Å²) in [6.07, 6.45) is 13.8. The zero-order chi connectivity index (χ0) is 36.7. The van der Waals surface area contributed by atoms with Crippen LogP contribution in [0, 0.1) is 38.5 Å². The zero-order valence-electron chi connectivity index (χ0n) is 31.2. The van der Waals surface area contributed by atoms with Gasteiger partial charge in [-0.2, -0.15) is 0 Å². The first-order chi connectivity index (χ1) is 24.4. The monoisotopic (exact) mass is 692 g/mol. The summed E-state index contributed by atoms with van der Waals surface area (Å²) in [6, 6.07) is -0.386. The van der Waals surface area contributed by atoms with Gasteiger partial charge in [-0.1, -0.05) is 45.4 Å². The number of rotatable bonds is 10. The van der Waals surface area contributed by atoms with E-state index in [4.69, 9.17) is 9.47 Å². The molecule has 5 heterocycles. The van der Waals surface area contributed by atoms with Crippen molar-refractivity contribution < 1.29 is 24.2 Å². The van der Waals surface area contributed by atoms with Crippen LogP contribution < -0.4 is 26.6 Å². The Labute approximate surface area is 299 Å². The highest BCUT2D eigenvalue weighted by Gasteiger charge is 2.47. The molecule has 270 valence electrons. The molecular weight excluding hydrogens is 640 g/mol. The van der Waals surface area contributed by atoms with Crippen LogP contribution in [0.4, 0.5) is 0 Å². The van der Waals surface area contributed by atoms with E-state index in [1.165, 1.54) is 23.8 Å². The molecule has 4 atom stereocenters. The molecule has 0 radical (unpaired) electrons. The highest BCUT2D eigenvalue weighted by Crippen LogP contribution is 2.42. The molecule has 3 aromatic heterocycles. The number of ether oxygens (including phenoxy) is 2. The van der Waals surface area contributed by atoms with Gasteiger partial charge in [-0.25, -0.2) is 0 Å². The van der Waals surface area contributed by atoms with Crippen LogP contribution in [0.15, 0.2) is 23.9 Å². The van der Waals surface area contributed by atoms with Gasteiger partial charge in [0.2, 0.25) is 0 Å². The molecule has 0 spiro atoms. The Morgan fingerprint density at radius 2 is 1.69 bits per heavy atom. The van der Waals surface area contributed by atoms with E-state index in [1.54, 1.807) is 0 Å². The van der Waals surface area contributed by atoms with Gasteiger partial charge < -0.3 is 34.8 Å². The van der Waals surface area contributed by atoms with Crippen molar-refractivity contribution in [3.63, 3.8) is 0 Å². The number of fused-ring (bicyclic) bond motifs is 8. The van der Waals surface area contributed by atoms with E-state index >= 15 is 0 Å². The summed E-state index contributed by atoms with van der Waals surface area (Å²) in [5.41, 5.74) is 11.0. The molecule has 51 heavy (non-hydrogen) atoms. The Balaban J connectivity index is 1.56. The van der Waals surface area contributed by atoms with Gasteiger partial charge in [0.25, 0.3) is 0 Å². The van der Waals surface area contributed by atoms with Crippen LogP contribution in [0.5, 0.6) is 0 Å². The SMILES string of the molecule is C=Cc1c2[nH]c(c1C)/C=C1/NC(C3=c4[nH]c(c(C)c4=C(O)[C@@H]3C(=O)OC)/C=c3\[nH]/c(c(C)c3CC)=C\2)[C@@H](CCC(=O)OC/C=C(/C)CCC)[C@@H]1C. The van der Waals surface area contributed by atoms with Gasteiger partial charge in [-0.3, -0.25) is 9.59 Å². The normalized spacial score (nSPS) is 23.1. The van der Waals surface area contributed by atoms with Crippen LogP contribution in [0.2, 0.25) is 0 Å². The summed E-state index contributed by atoms with van der Waals surface area (Å²) in [5, 5.41) is 18.9. The zero-order valence-corrected chi connectivity index (χ0v) is 31.2. The molecule has 1 saturated heterocycles. The number of aliphatic hydroxyl groups is 1. The summed E-state index contributed by atoms with van der Waals surface area (Å²) in [6.45, 7) is 19.1. The highest BCUT2D eigenvalue weighted by atomic mass is 16.5. The molecule has 2 aliphatic heterocycles. The van der Waals surface area contributed by atoms with E-state index in [0.717, 1.165) is 75.0 Å². The van der Waals surface area contributed by atoms with Crippen LogP contribution in [-0.4, -0.2) is 51.8 Å². The molecule has 1 aliphatic carbocycles. The summed E-state index contributed by atoms with van der Waals surface area (Å²) in [5.74, 6) is -1.92. The summed E-state index contributed by atoms with van der Waals surface area (Å²) in [7, 11) is 1.35. The number of nitrogens with one attached hydrogen (secondary N) is 4. The highest BCUT2D eigenvalue weighted by molar-refractivity contribution is 5.95. The van der Waals surface area contributed by atoms with Crippen molar-refractivity contribution in [3.8, 4) is 0 Å². The first kappa shape index (κ1) is 35.9. The average Bonchev–Trinajstić information content (AvgIpc) is 3.84. The van der Waals surface area contributed by atoms with Crippen LogP contribution in [0.1, 0.15) is 98.3 Å². The number of methoxy groups -OCH3 is 1. The topological polar surface area (TPSA) is 132 Å². The second-order valence-electron chi connectivity index (χ2n) is 14.3. The number of hydrogen-bond donors (Lipinski definition) is 5. The number of aromatic amines is 3. The van der Waals surface area contributed by atoms with Crippen LogP contribution in [0.3, 0.4) is 0 Å². The maximum atomic E-state index is 13.5. The predicted octanol–water partition coefficient (Wildman–Crippen LogP) is 4.73. The van der Waals surface area contributed by atoms with Crippen molar-refractivity contribution in [1.29, 1.82) is 0 Å². The number of aromatic nitrogens is 3. The minimum absolute atomic E-state index is 0.0199. The number of allylic oxidation sites excluding steroid dienone is 2. The van der Waals surface area contributed by atoms with Gasteiger partial charge in [0, 0.05) is 56.6 Å². The average molecular weight is 693 g/mol. The lowest BCUT2D eigenvalue weighted by molar-refractivity contribution is -0.143. The Bertz CT molecular complexity index is 2220.